The van der Waals surface area contributed by atoms with Crippen molar-refractivity contribution in [1.82, 2.24) is 24.3 Å². The monoisotopic (exact) mass is 317 g/mol. The van der Waals surface area contributed by atoms with Crippen LogP contribution in [0.2, 0.25) is 0 Å². The molecule has 0 amide bonds. The van der Waals surface area contributed by atoms with Crippen LogP contribution in [0.1, 0.15) is 11.1 Å². The standard InChI is InChI=1S/C16H11N7O/c1-10-11(6-17)15-21-13-4-2-3-5-14(13)23(15)16(24)12(10)7-19-22-9-18-8-20-22/h2-5,7-9,19H,1H3. The Labute approximate surface area is 135 Å². The van der Waals surface area contributed by atoms with Crippen LogP contribution in [0.3, 0.4) is 0 Å². The molecule has 0 spiro atoms. The number of imidazole rings is 1. The molecule has 0 aliphatic carbocycles. The van der Waals surface area contributed by atoms with Crippen molar-refractivity contribution in [2.75, 3.05) is 5.43 Å². The van der Waals surface area contributed by atoms with Crippen LogP contribution >= 0.6 is 0 Å². The van der Waals surface area contributed by atoms with Gasteiger partial charge in [0.1, 0.15) is 18.7 Å². The number of nitriles is 1. The summed E-state index contributed by atoms with van der Waals surface area (Å²) >= 11 is 0. The summed E-state index contributed by atoms with van der Waals surface area (Å²) in [6.07, 6.45) is 4.35. The molecule has 24 heavy (non-hydrogen) atoms. The van der Waals surface area contributed by atoms with E-state index in [1.807, 2.05) is 24.3 Å². The normalized spacial score (nSPS) is 11.9. The number of hydrogen-bond donors (Lipinski definition) is 1. The summed E-state index contributed by atoms with van der Waals surface area (Å²) in [5.74, 6) is 0. The smallest absolute Gasteiger partial charge is 0.265 e. The lowest BCUT2D eigenvalue weighted by molar-refractivity contribution is 0.810. The zero-order chi connectivity index (χ0) is 16.7. The van der Waals surface area contributed by atoms with Gasteiger partial charge in [0.25, 0.3) is 5.56 Å². The van der Waals surface area contributed by atoms with Gasteiger partial charge in [0.05, 0.1) is 21.8 Å². The van der Waals surface area contributed by atoms with E-state index in [1.54, 1.807) is 6.92 Å². The quantitative estimate of drug-likeness (QED) is 0.571. The van der Waals surface area contributed by atoms with Crippen LogP contribution in [0.4, 0.5) is 0 Å². The zero-order valence-corrected chi connectivity index (χ0v) is 12.6. The molecule has 4 rings (SSSR count). The zero-order valence-electron chi connectivity index (χ0n) is 12.6. The van der Waals surface area contributed by atoms with Crippen LogP contribution in [0, 0.1) is 18.3 Å². The number of aromatic nitrogens is 5. The Morgan fingerprint density at radius 2 is 2.17 bits per heavy atom. The van der Waals surface area contributed by atoms with E-state index in [4.69, 9.17) is 0 Å². The second kappa shape index (κ2) is 5.17. The van der Waals surface area contributed by atoms with Gasteiger partial charge in [-0.05, 0) is 24.6 Å². The summed E-state index contributed by atoms with van der Waals surface area (Å²) in [5, 5.41) is 13.8. The van der Waals surface area contributed by atoms with Crippen LogP contribution in [0.5, 0.6) is 0 Å². The Morgan fingerprint density at radius 3 is 2.92 bits per heavy atom. The van der Waals surface area contributed by atoms with E-state index in [2.05, 4.69) is 26.6 Å². The number of nitrogens with one attached hydrogen (secondary N) is 1. The van der Waals surface area contributed by atoms with E-state index in [9.17, 15) is 10.1 Å². The predicted molar refractivity (Wildman–Crippen MR) is 87.5 cm³/mol. The summed E-state index contributed by atoms with van der Waals surface area (Å²) in [4.78, 5) is 22.6. The van der Waals surface area contributed by atoms with Crippen LogP contribution in [-0.2, 0) is 0 Å². The molecule has 3 aromatic heterocycles. The van der Waals surface area contributed by atoms with Gasteiger partial charge in [0.2, 0.25) is 0 Å². The van der Waals surface area contributed by atoms with Gasteiger partial charge in [0.15, 0.2) is 5.65 Å². The largest absolute Gasteiger partial charge is 0.283 e. The molecule has 0 fully saturated rings. The first-order valence-electron chi connectivity index (χ1n) is 7.16. The van der Waals surface area contributed by atoms with Gasteiger partial charge < -0.3 is 0 Å². The molecule has 1 aromatic carbocycles. The summed E-state index contributed by atoms with van der Waals surface area (Å²) in [6.45, 7) is 1.73. The number of nitrogens with zero attached hydrogens (tertiary/aromatic N) is 6. The SMILES string of the molecule is Cc1c(C#N)c2nc3ccccc3n2c(=O)c1=CNn1cncn1. The molecule has 0 aliphatic heterocycles. The third kappa shape index (κ3) is 1.92. The van der Waals surface area contributed by atoms with E-state index in [0.717, 1.165) is 0 Å². The maximum absolute atomic E-state index is 12.9. The second-order valence-electron chi connectivity index (χ2n) is 5.20. The van der Waals surface area contributed by atoms with Gasteiger partial charge in [-0.25, -0.2) is 9.97 Å². The van der Waals surface area contributed by atoms with Crippen molar-refractivity contribution in [3.05, 3.63) is 63.6 Å². The highest BCUT2D eigenvalue weighted by Crippen LogP contribution is 2.17. The van der Waals surface area contributed by atoms with E-state index in [1.165, 1.54) is 28.0 Å². The van der Waals surface area contributed by atoms with E-state index >= 15 is 0 Å². The van der Waals surface area contributed by atoms with Gasteiger partial charge >= 0.3 is 0 Å². The Morgan fingerprint density at radius 1 is 1.33 bits per heavy atom. The molecule has 0 aliphatic rings. The van der Waals surface area contributed by atoms with Crippen LogP contribution in [-0.4, -0.2) is 24.3 Å². The number of hydrogen-bond acceptors (Lipinski definition) is 6. The van der Waals surface area contributed by atoms with Gasteiger partial charge in [-0.1, -0.05) is 12.1 Å². The fourth-order valence-electron chi connectivity index (χ4n) is 2.69. The third-order valence-electron chi connectivity index (χ3n) is 3.87. The molecule has 3 heterocycles. The van der Waals surface area contributed by atoms with Gasteiger partial charge in [-0.2, -0.15) is 10.1 Å². The topological polar surface area (TPSA) is 101 Å². The third-order valence-corrected chi connectivity index (χ3v) is 3.87. The number of para-hydroxylation sites is 2. The predicted octanol–water partition coefficient (Wildman–Crippen LogP) is 0.320. The molecule has 8 nitrogen and oxygen atoms in total. The Bertz CT molecular complexity index is 1220. The highest BCUT2D eigenvalue weighted by atomic mass is 16.1. The molecule has 8 heteroatoms. The maximum Gasteiger partial charge on any atom is 0.265 e. The Kier molecular flexibility index (Phi) is 2.99. The van der Waals surface area contributed by atoms with Gasteiger partial charge in [0, 0.05) is 6.20 Å². The second-order valence-corrected chi connectivity index (χ2v) is 5.20. The molecule has 0 atom stereocenters. The molecule has 0 saturated heterocycles. The fraction of sp³-hybridized carbons (Fsp3) is 0.0625. The minimum atomic E-state index is -0.247. The average Bonchev–Trinajstić information content (AvgIpc) is 3.22. The highest BCUT2D eigenvalue weighted by Gasteiger charge is 2.15. The van der Waals surface area contributed by atoms with Crippen molar-refractivity contribution >= 4 is 22.9 Å². The van der Waals surface area contributed by atoms with Crippen molar-refractivity contribution in [1.29, 1.82) is 5.26 Å². The maximum atomic E-state index is 12.9. The van der Waals surface area contributed by atoms with E-state index in [-0.39, 0.29) is 5.56 Å². The number of fused-ring (bicyclic) bond motifs is 3. The van der Waals surface area contributed by atoms with Crippen molar-refractivity contribution in [3.63, 3.8) is 0 Å². The molecule has 116 valence electrons. The number of pyridine rings is 1. The van der Waals surface area contributed by atoms with Crippen molar-refractivity contribution in [2.24, 2.45) is 0 Å². The van der Waals surface area contributed by atoms with E-state index < -0.39 is 0 Å². The van der Waals surface area contributed by atoms with Crippen molar-refractivity contribution in [2.45, 2.75) is 6.92 Å². The first-order chi connectivity index (χ1) is 11.7. The molecule has 0 unspecified atom stereocenters. The minimum absolute atomic E-state index is 0.247. The first-order valence-corrected chi connectivity index (χ1v) is 7.16. The summed E-state index contributed by atoms with van der Waals surface area (Å²) in [6, 6.07) is 9.45. The van der Waals surface area contributed by atoms with Crippen molar-refractivity contribution < 1.29 is 0 Å². The average molecular weight is 317 g/mol. The van der Waals surface area contributed by atoms with Crippen molar-refractivity contribution in [3.8, 4) is 6.07 Å². The summed E-state index contributed by atoms with van der Waals surface area (Å²) in [7, 11) is 0. The molecule has 0 bridgehead atoms. The number of benzene rings is 1. The van der Waals surface area contributed by atoms with Crippen LogP contribution in [0.15, 0.2) is 41.7 Å². The lowest BCUT2D eigenvalue weighted by Crippen LogP contribution is -2.35. The molecule has 0 radical (unpaired) electrons. The van der Waals surface area contributed by atoms with Crippen LogP contribution < -0.4 is 16.2 Å². The number of rotatable bonds is 2. The molecular weight excluding hydrogens is 306 g/mol. The van der Waals surface area contributed by atoms with Crippen LogP contribution in [0.25, 0.3) is 22.9 Å². The lowest BCUT2D eigenvalue weighted by Gasteiger charge is -2.03. The lowest BCUT2D eigenvalue weighted by atomic mass is 10.1. The molecule has 1 N–H and O–H groups in total. The first kappa shape index (κ1) is 13.9. The Balaban J connectivity index is 2.11. The minimum Gasteiger partial charge on any atom is -0.283 e. The van der Waals surface area contributed by atoms with Gasteiger partial charge in [-0.15, -0.1) is 5.10 Å². The van der Waals surface area contributed by atoms with Gasteiger partial charge in [-0.3, -0.25) is 14.6 Å². The highest BCUT2D eigenvalue weighted by molar-refractivity contribution is 5.82. The molecular formula is C16H11N7O. The molecule has 0 saturated carbocycles. The summed E-state index contributed by atoms with van der Waals surface area (Å²) in [5.41, 5.74) is 5.26. The summed E-state index contributed by atoms with van der Waals surface area (Å²) < 4.78 is 1.47. The van der Waals surface area contributed by atoms with E-state index in [0.29, 0.717) is 33.0 Å². The Hall–Kier alpha value is -3.73. The fourth-order valence-corrected chi connectivity index (χ4v) is 2.69. The molecule has 4 aromatic rings.